The van der Waals surface area contributed by atoms with Crippen LogP contribution in [0.3, 0.4) is 0 Å². The van der Waals surface area contributed by atoms with Crippen LogP contribution >= 0.6 is 43.2 Å². The van der Waals surface area contributed by atoms with Gasteiger partial charge in [-0.3, -0.25) is 9.69 Å². The lowest BCUT2D eigenvalue weighted by atomic mass is 10.2. The molecule has 0 amide bonds. The summed E-state index contributed by atoms with van der Waals surface area (Å²) in [5.41, 5.74) is 0.727. The Morgan fingerprint density at radius 1 is 1.53 bits per heavy atom. The maximum Gasteiger partial charge on any atom is 0.178 e. The van der Waals surface area contributed by atoms with Gasteiger partial charge >= 0.3 is 0 Å². The predicted octanol–water partition coefficient (Wildman–Crippen LogP) is 2.91. The van der Waals surface area contributed by atoms with Gasteiger partial charge in [-0.15, -0.1) is 11.3 Å². The smallest absolute Gasteiger partial charge is 0.178 e. The standard InChI is InChI=1S/C11H13Br2NO2S/c12-10-5-8(11(13)17-10)9(16)6-14(3-4-15)7-1-2-7/h5,7,15H,1-4,6H2. The number of carbonyl (C=O) groups is 1. The van der Waals surface area contributed by atoms with Crippen molar-refractivity contribution in [3.8, 4) is 0 Å². The average Bonchev–Trinajstić information content (AvgIpc) is 3.04. The van der Waals surface area contributed by atoms with Crippen molar-refractivity contribution in [2.45, 2.75) is 18.9 Å². The van der Waals surface area contributed by atoms with E-state index in [0.717, 1.165) is 26.0 Å². The third-order valence-electron chi connectivity index (χ3n) is 2.75. The molecular formula is C11H13Br2NO2S. The normalized spacial score (nSPS) is 15.5. The molecule has 94 valence electrons. The minimum absolute atomic E-state index is 0.109. The van der Waals surface area contributed by atoms with Crippen molar-refractivity contribution in [3.05, 3.63) is 19.2 Å². The Hall–Kier alpha value is 0.250. The molecular weight excluding hydrogens is 370 g/mol. The molecule has 1 aliphatic rings. The molecule has 0 spiro atoms. The highest BCUT2D eigenvalue weighted by molar-refractivity contribution is 9.12. The molecule has 1 aliphatic carbocycles. The Bertz CT molecular complexity index is 418. The minimum Gasteiger partial charge on any atom is -0.395 e. The lowest BCUT2D eigenvalue weighted by Gasteiger charge is -2.19. The number of thiophene rings is 1. The molecule has 1 aromatic rings. The molecule has 6 heteroatoms. The molecule has 1 saturated carbocycles. The Morgan fingerprint density at radius 3 is 2.71 bits per heavy atom. The Kier molecular flexibility index (Phi) is 4.77. The van der Waals surface area contributed by atoms with Gasteiger partial charge in [-0.1, -0.05) is 0 Å². The van der Waals surface area contributed by atoms with Crippen LogP contribution in [0.4, 0.5) is 0 Å². The highest BCUT2D eigenvalue weighted by atomic mass is 79.9. The molecule has 1 fully saturated rings. The summed E-state index contributed by atoms with van der Waals surface area (Å²) in [6, 6.07) is 2.34. The minimum atomic E-state index is 0.109. The molecule has 0 unspecified atom stereocenters. The summed E-state index contributed by atoms with van der Waals surface area (Å²) in [4.78, 5) is 14.2. The number of hydrogen-bond acceptors (Lipinski definition) is 4. The van der Waals surface area contributed by atoms with Crippen LogP contribution in [0.2, 0.25) is 0 Å². The number of nitrogens with zero attached hydrogens (tertiary/aromatic N) is 1. The molecule has 17 heavy (non-hydrogen) atoms. The summed E-state index contributed by atoms with van der Waals surface area (Å²) in [7, 11) is 0. The van der Waals surface area contributed by atoms with Crippen molar-refractivity contribution in [1.29, 1.82) is 0 Å². The maximum absolute atomic E-state index is 12.1. The van der Waals surface area contributed by atoms with Gasteiger partial charge in [0.1, 0.15) is 0 Å². The monoisotopic (exact) mass is 381 g/mol. The Labute approximate surface area is 121 Å². The number of halogens is 2. The molecule has 1 aromatic heterocycles. The van der Waals surface area contributed by atoms with Gasteiger partial charge in [0.15, 0.2) is 5.78 Å². The first kappa shape index (κ1) is 13.7. The fraction of sp³-hybridized carbons (Fsp3) is 0.545. The van der Waals surface area contributed by atoms with Crippen molar-refractivity contribution in [2.75, 3.05) is 19.7 Å². The van der Waals surface area contributed by atoms with E-state index in [1.54, 1.807) is 0 Å². The zero-order valence-electron chi connectivity index (χ0n) is 9.16. The molecule has 0 atom stereocenters. The van der Waals surface area contributed by atoms with Crippen molar-refractivity contribution in [2.24, 2.45) is 0 Å². The topological polar surface area (TPSA) is 40.5 Å². The van der Waals surface area contributed by atoms with E-state index in [1.165, 1.54) is 11.3 Å². The molecule has 3 nitrogen and oxygen atoms in total. The van der Waals surface area contributed by atoms with Gasteiger partial charge in [0.05, 0.1) is 20.7 Å². The Morgan fingerprint density at radius 2 is 2.24 bits per heavy atom. The zero-order valence-corrected chi connectivity index (χ0v) is 13.1. The average molecular weight is 383 g/mol. The number of aliphatic hydroxyl groups is 1. The van der Waals surface area contributed by atoms with Crippen LogP contribution in [0.5, 0.6) is 0 Å². The fourth-order valence-electron chi connectivity index (χ4n) is 1.76. The van der Waals surface area contributed by atoms with E-state index >= 15 is 0 Å². The van der Waals surface area contributed by atoms with E-state index in [9.17, 15) is 4.79 Å². The van der Waals surface area contributed by atoms with Gasteiger partial charge in [0.25, 0.3) is 0 Å². The third-order valence-corrected chi connectivity index (χ3v) is 5.09. The van der Waals surface area contributed by atoms with Crippen molar-refractivity contribution in [3.63, 3.8) is 0 Å². The summed E-state index contributed by atoms with van der Waals surface area (Å²) in [5.74, 6) is 0.110. The summed E-state index contributed by atoms with van der Waals surface area (Å²) < 4.78 is 1.82. The number of aliphatic hydroxyl groups excluding tert-OH is 1. The van der Waals surface area contributed by atoms with E-state index < -0.39 is 0 Å². The van der Waals surface area contributed by atoms with E-state index in [-0.39, 0.29) is 12.4 Å². The van der Waals surface area contributed by atoms with Crippen LogP contribution in [-0.4, -0.2) is 41.5 Å². The number of hydrogen-bond donors (Lipinski definition) is 1. The lowest BCUT2D eigenvalue weighted by molar-refractivity contribution is 0.0907. The lowest BCUT2D eigenvalue weighted by Crippen LogP contribution is -2.34. The quantitative estimate of drug-likeness (QED) is 0.769. The zero-order chi connectivity index (χ0) is 12.4. The molecule has 2 rings (SSSR count). The highest BCUT2D eigenvalue weighted by Crippen LogP contribution is 2.33. The Balaban J connectivity index is 2.02. The van der Waals surface area contributed by atoms with Crippen LogP contribution in [0.1, 0.15) is 23.2 Å². The van der Waals surface area contributed by atoms with Gasteiger partial charge in [0, 0.05) is 18.2 Å². The van der Waals surface area contributed by atoms with Gasteiger partial charge in [-0.25, -0.2) is 0 Å². The first-order chi connectivity index (χ1) is 8.11. The van der Waals surface area contributed by atoms with Crippen molar-refractivity contribution in [1.82, 2.24) is 4.90 Å². The summed E-state index contributed by atoms with van der Waals surface area (Å²) in [5, 5.41) is 8.99. The summed E-state index contributed by atoms with van der Waals surface area (Å²) in [6.07, 6.45) is 2.28. The number of carbonyl (C=O) groups excluding carboxylic acids is 1. The molecule has 1 heterocycles. The van der Waals surface area contributed by atoms with Crippen molar-refractivity contribution >= 4 is 49.0 Å². The number of ketones is 1. The summed E-state index contributed by atoms with van der Waals surface area (Å²) in [6.45, 7) is 1.09. The van der Waals surface area contributed by atoms with Gasteiger partial charge in [-0.05, 0) is 50.8 Å². The summed E-state index contributed by atoms with van der Waals surface area (Å²) >= 11 is 8.28. The van der Waals surface area contributed by atoms with E-state index in [4.69, 9.17) is 5.11 Å². The SMILES string of the molecule is O=C(CN(CCO)C1CC1)c1cc(Br)sc1Br. The van der Waals surface area contributed by atoms with Crippen LogP contribution < -0.4 is 0 Å². The van der Waals surface area contributed by atoms with Crippen molar-refractivity contribution < 1.29 is 9.90 Å². The maximum atomic E-state index is 12.1. The van der Waals surface area contributed by atoms with Crippen LogP contribution in [0.15, 0.2) is 13.6 Å². The van der Waals surface area contributed by atoms with Crippen LogP contribution in [0.25, 0.3) is 0 Å². The molecule has 0 bridgehead atoms. The number of Topliss-reactive ketones (excluding diaryl/α,β-unsaturated/α-hetero) is 1. The van der Waals surface area contributed by atoms with E-state index in [1.807, 2.05) is 6.07 Å². The molecule has 1 N–H and O–H groups in total. The van der Waals surface area contributed by atoms with Crippen LogP contribution in [0, 0.1) is 0 Å². The second kappa shape index (κ2) is 5.93. The third kappa shape index (κ3) is 3.61. The molecule has 0 radical (unpaired) electrons. The van der Waals surface area contributed by atoms with E-state index in [0.29, 0.717) is 19.1 Å². The second-order valence-electron chi connectivity index (χ2n) is 4.09. The van der Waals surface area contributed by atoms with Gasteiger partial charge in [0.2, 0.25) is 0 Å². The molecule has 0 aromatic carbocycles. The largest absolute Gasteiger partial charge is 0.395 e. The molecule has 0 saturated heterocycles. The van der Waals surface area contributed by atoms with Gasteiger partial charge in [-0.2, -0.15) is 0 Å². The van der Waals surface area contributed by atoms with E-state index in [2.05, 4.69) is 36.8 Å². The number of rotatable bonds is 6. The van der Waals surface area contributed by atoms with Crippen LogP contribution in [-0.2, 0) is 0 Å². The highest BCUT2D eigenvalue weighted by Gasteiger charge is 2.30. The van der Waals surface area contributed by atoms with Gasteiger partial charge < -0.3 is 5.11 Å². The molecule has 0 aliphatic heterocycles. The predicted molar refractivity (Wildman–Crippen MR) is 75.7 cm³/mol. The fourth-order valence-corrected chi connectivity index (χ4v) is 4.61. The first-order valence-electron chi connectivity index (χ1n) is 5.44. The first-order valence-corrected chi connectivity index (χ1v) is 7.85. The second-order valence-corrected chi connectivity index (χ2v) is 7.84.